The van der Waals surface area contributed by atoms with E-state index in [-0.39, 0.29) is 12.8 Å². The predicted octanol–water partition coefficient (Wildman–Crippen LogP) is 10.0. The first kappa shape index (κ1) is 32.4. The van der Waals surface area contributed by atoms with Crippen LogP contribution < -0.4 is 9.47 Å². The minimum Gasteiger partial charge on any atom is -0.507 e. The summed E-state index contributed by atoms with van der Waals surface area (Å²) in [4.78, 5) is 8.09. The normalized spacial score (nSPS) is 13.0. The summed E-state index contributed by atoms with van der Waals surface area (Å²) in [6.07, 6.45) is 5.34. The molecule has 1 aliphatic rings. The number of imidazole rings is 1. The summed E-state index contributed by atoms with van der Waals surface area (Å²) >= 11 is 0. The number of aromatic nitrogens is 2. The third-order valence-electron chi connectivity index (χ3n) is 9.17. The average Bonchev–Trinajstić information content (AvgIpc) is 3.72. The van der Waals surface area contributed by atoms with E-state index in [1.54, 1.807) is 0 Å². The maximum atomic E-state index is 10.6. The van der Waals surface area contributed by atoms with Crippen LogP contribution in [0.15, 0.2) is 91.0 Å². The van der Waals surface area contributed by atoms with Gasteiger partial charge in [-0.3, -0.25) is 4.90 Å². The van der Waals surface area contributed by atoms with Crippen molar-refractivity contribution in [2.75, 3.05) is 6.79 Å². The van der Waals surface area contributed by atoms with E-state index in [0.717, 1.165) is 97.0 Å². The topological polar surface area (TPSA) is 59.8 Å². The molecule has 2 heterocycles. The molecular formula is C41H47N3O3. The minimum atomic E-state index is 0.0758. The van der Waals surface area contributed by atoms with E-state index in [4.69, 9.17) is 14.5 Å². The summed E-state index contributed by atoms with van der Waals surface area (Å²) < 4.78 is 14.0. The standard InChI is InChI=1S/C41H47N3O3/c1-5-7-19-35(39-38(33-15-11-9-12-16-33)42-41(44(39)22-8-6-2)34-17-13-10-14-18-34)43(27-32-23-29(3)40(45)30(4)24-32)26-31-20-21-36-37(25-31)47-28-46-36/h9-18,20-21,23-25,35,45H,5-8,19,22,26-28H2,1-4H3/t35-/m0/s1. The number of hydrogen-bond acceptors (Lipinski definition) is 5. The molecule has 1 N–H and O–H groups in total. The summed E-state index contributed by atoms with van der Waals surface area (Å²) in [6, 6.07) is 32.0. The first-order chi connectivity index (χ1) is 23.0. The molecule has 1 aromatic heterocycles. The zero-order chi connectivity index (χ0) is 32.8. The number of rotatable bonds is 14. The van der Waals surface area contributed by atoms with Gasteiger partial charge in [0.2, 0.25) is 6.79 Å². The zero-order valence-corrected chi connectivity index (χ0v) is 28.2. The summed E-state index contributed by atoms with van der Waals surface area (Å²) in [5.41, 5.74) is 8.75. The van der Waals surface area contributed by atoms with Crippen LogP contribution in [0, 0.1) is 13.8 Å². The van der Waals surface area contributed by atoms with Crippen molar-refractivity contribution in [2.45, 2.75) is 85.5 Å². The quantitative estimate of drug-likeness (QED) is 0.132. The number of benzene rings is 4. The average molecular weight is 630 g/mol. The number of fused-ring (bicyclic) bond motifs is 1. The molecule has 0 fully saturated rings. The van der Waals surface area contributed by atoms with Gasteiger partial charge in [0.15, 0.2) is 11.5 Å². The summed E-state index contributed by atoms with van der Waals surface area (Å²) in [5, 5.41) is 10.6. The van der Waals surface area contributed by atoms with Crippen LogP contribution in [0.1, 0.15) is 79.9 Å². The highest BCUT2D eigenvalue weighted by Gasteiger charge is 2.31. The van der Waals surface area contributed by atoms with Crippen molar-refractivity contribution < 1.29 is 14.6 Å². The van der Waals surface area contributed by atoms with Crippen LogP contribution in [-0.2, 0) is 19.6 Å². The Hall–Kier alpha value is -4.55. The van der Waals surface area contributed by atoms with Crippen LogP contribution in [0.4, 0.5) is 0 Å². The van der Waals surface area contributed by atoms with Crippen molar-refractivity contribution in [3.8, 4) is 39.9 Å². The number of phenolic OH excluding ortho intramolecular Hbond substituents is 1. The lowest BCUT2D eigenvalue weighted by molar-refractivity contribution is 0.159. The Kier molecular flexibility index (Phi) is 10.3. The Morgan fingerprint density at radius 1 is 0.766 bits per heavy atom. The van der Waals surface area contributed by atoms with E-state index in [9.17, 15) is 5.11 Å². The monoisotopic (exact) mass is 629 g/mol. The van der Waals surface area contributed by atoms with E-state index in [2.05, 4.69) is 108 Å². The van der Waals surface area contributed by atoms with Gasteiger partial charge >= 0.3 is 0 Å². The van der Waals surface area contributed by atoms with Gasteiger partial charge in [-0.15, -0.1) is 0 Å². The van der Waals surface area contributed by atoms with Gasteiger partial charge in [0.25, 0.3) is 0 Å². The molecule has 6 rings (SSSR count). The third kappa shape index (κ3) is 7.23. The molecule has 0 saturated heterocycles. The molecule has 5 aromatic rings. The molecule has 0 saturated carbocycles. The fourth-order valence-electron chi connectivity index (χ4n) is 6.77. The third-order valence-corrected chi connectivity index (χ3v) is 9.17. The highest BCUT2D eigenvalue weighted by atomic mass is 16.7. The lowest BCUT2D eigenvalue weighted by Crippen LogP contribution is -2.30. The molecule has 244 valence electrons. The minimum absolute atomic E-state index is 0.0758. The Labute approximate surface area is 279 Å². The van der Waals surface area contributed by atoms with E-state index >= 15 is 0 Å². The molecule has 6 nitrogen and oxygen atoms in total. The number of hydrogen-bond donors (Lipinski definition) is 1. The largest absolute Gasteiger partial charge is 0.507 e. The van der Waals surface area contributed by atoms with Crippen molar-refractivity contribution >= 4 is 0 Å². The summed E-state index contributed by atoms with van der Waals surface area (Å²) in [6.45, 7) is 11.1. The van der Waals surface area contributed by atoms with Crippen molar-refractivity contribution in [1.82, 2.24) is 14.5 Å². The number of phenols is 1. The van der Waals surface area contributed by atoms with Gasteiger partial charge in [0.1, 0.15) is 11.6 Å². The molecule has 47 heavy (non-hydrogen) atoms. The maximum absolute atomic E-state index is 10.6. The van der Waals surface area contributed by atoms with Crippen LogP contribution in [0.25, 0.3) is 22.6 Å². The van der Waals surface area contributed by atoms with Gasteiger partial charge in [0, 0.05) is 30.8 Å². The fourth-order valence-corrected chi connectivity index (χ4v) is 6.77. The molecule has 1 atom stereocenters. The predicted molar refractivity (Wildman–Crippen MR) is 190 cm³/mol. The molecule has 6 heteroatoms. The Morgan fingerprint density at radius 3 is 2.09 bits per heavy atom. The van der Waals surface area contributed by atoms with Gasteiger partial charge in [0.05, 0.1) is 17.4 Å². The number of aryl methyl sites for hydroxylation is 2. The Morgan fingerprint density at radius 2 is 1.40 bits per heavy atom. The molecule has 0 spiro atoms. The summed E-state index contributed by atoms with van der Waals surface area (Å²) in [5.74, 6) is 2.99. The molecule has 0 amide bonds. The van der Waals surface area contributed by atoms with Crippen molar-refractivity contribution in [1.29, 1.82) is 0 Å². The van der Waals surface area contributed by atoms with Gasteiger partial charge in [-0.05, 0) is 61.1 Å². The second-order valence-electron chi connectivity index (χ2n) is 12.7. The first-order valence-corrected chi connectivity index (χ1v) is 17.1. The summed E-state index contributed by atoms with van der Waals surface area (Å²) in [7, 11) is 0. The van der Waals surface area contributed by atoms with E-state index < -0.39 is 0 Å². The zero-order valence-electron chi connectivity index (χ0n) is 28.2. The van der Waals surface area contributed by atoms with Gasteiger partial charge in [-0.2, -0.15) is 0 Å². The van der Waals surface area contributed by atoms with Crippen LogP contribution >= 0.6 is 0 Å². The smallest absolute Gasteiger partial charge is 0.231 e. The molecule has 0 aliphatic carbocycles. The first-order valence-electron chi connectivity index (χ1n) is 17.1. The number of unbranched alkanes of at least 4 members (excludes halogenated alkanes) is 2. The van der Waals surface area contributed by atoms with Crippen LogP contribution in [0.2, 0.25) is 0 Å². The second-order valence-corrected chi connectivity index (χ2v) is 12.7. The van der Waals surface area contributed by atoms with Crippen LogP contribution in [0.5, 0.6) is 17.2 Å². The highest BCUT2D eigenvalue weighted by molar-refractivity contribution is 5.69. The van der Waals surface area contributed by atoms with Gasteiger partial charge in [-0.1, -0.05) is 112 Å². The SMILES string of the molecule is CCCC[C@@H](c1c(-c2ccccc2)nc(-c2ccccc2)n1CCCC)N(Cc1cc(C)c(O)c(C)c1)Cc1ccc2c(c1)OCO2. The maximum Gasteiger partial charge on any atom is 0.231 e. The van der Waals surface area contributed by atoms with Gasteiger partial charge in [-0.25, -0.2) is 4.98 Å². The fraction of sp³-hybridized carbons (Fsp3) is 0.341. The highest BCUT2D eigenvalue weighted by Crippen LogP contribution is 2.41. The molecule has 0 radical (unpaired) electrons. The number of aromatic hydroxyl groups is 1. The van der Waals surface area contributed by atoms with Crippen LogP contribution in [-0.4, -0.2) is 26.4 Å². The van der Waals surface area contributed by atoms with E-state index in [1.165, 1.54) is 16.8 Å². The Balaban J connectivity index is 1.55. The lowest BCUT2D eigenvalue weighted by atomic mass is 9.97. The molecule has 0 unspecified atom stereocenters. The molecular weight excluding hydrogens is 582 g/mol. The van der Waals surface area contributed by atoms with Crippen LogP contribution in [0.3, 0.4) is 0 Å². The number of nitrogens with zero attached hydrogens (tertiary/aromatic N) is 3. The molecule has 1 aliphatic heterocycles. The lowest BCUT2D eigenvalue weighted by Gasteiger charge is -2.34. The Bertz CT molecular complexity index is 1760. The van der Waals surface area contributed by atoms with E-state index in [1.807, 2.05) is 19.9 Å². The van der Waals surface area contributed by atoms with Gasteiger partial charge < -0.3 is 19.1 Å². The number of ether oxygens (including phenoxy) is 2. The second kappa shape index (κ2) is 14.9. The van der Waals surface area contributed by atoms with Crippen molar-refractivity contribution in [2.24, 2.45) is 0 Å². The van der Waals surface area contributed by atoms with Crippen molar-refractivity contribution in [3.05, 3.63) is 119 Å². The van der Waals surface area contributed by atoms with E-state index in [0.29, 0.717) is 5.75 Å². The van der Waals surface area contributed by atoms with Crippen molar-refractivity contribution in [3.63, 3.8) is 0 Å². The molecule has 0 bridgehead atoms. The molecule has 4 aromatic carbocycles.